The van der Waals surface area contributed by atoms with Crippen molar-refractivity contribution in [1.29, 1.82) is 0 Å². The molecule has 1 N–H and O–H groups in total. The average Bonchev–Trinajstić information content (AvgIpc) is 2.63. The Morgan fingerprint density at radius 1 is 1.27 bits per heavy atom. The highest BCUT2D eigenvalue weighted by Gasteiger charge is 2.30. The number of nitrogens with one attached hydrogen (secondary N) is 1. The van der Waals surface area contributed by atoms with E-state index in [1.54, 1.807) is 19.2 Å². The Morgan fingerprint density at radius 3 is 2.69 bits per heavy atom. The van der Waals surface area contributed by atoms with Gasteiger partial charge in [0, 0.05) is 12.2 Å². The first kappa shape index (κ1) is 18.7. The van der Waals surface area contributed by atoms with Crippen molar-refractivity contribution in [1.82, 2.24) is 4.90 Å². The molecular formula is C21H25ClN2O2. The Labute approximate surface area is 160 Å². The summed E-state index contributed by atoms with van der Waals surface area (Å²) in [7, 11) is 1.57. The Hall–Kier alpha value is -2.04. The zero-order valence-corrected chi connectivity index (χ0v) is 16.0. The summed E-state index contributed by atoms with van der Waals surface area (Å²) in [5, 5.41) is 3.50. The predicted molar refractivity (Wildman–Crippen MR) is 106 cm³/mol. The number of anilines is 1. The second kappa shape index (κ2) is 8.56. The van der Waals surface area contributed by atoms with Crippen LogP contribution in [0.4, 0.5) is 5.69 Å². The fourth-order valence-corrected chi connectivity index (χ4v) is 3.84. The van der Waals surface area contributed by atoms with Gasteiger partial charge in [0.25, 0.3) is 0 Å². The van der Waals surface area contributed by atoms with Gasteiger partial charge in [-0.25, -0.2) is 0 Å². The minimum atomic E-state index is -0.306. The number of benzene rings is 2. The van der Waals surface area contributed by atoms with Gasteiger partial charge < -0.3 is 10.1 Å². The number of hydrogen-bond acceptors (Lipinski definition) is 3. The van der Waals surface area contributed by atoms with Crippen LogP contribution in [0.2, 0.25) is 5.02 Å². The monoisotopic (exact) mass is 372 g/mol. The lowest BCUT2D eigenvalue weighted by atomic mass is 9.95. The maximum absolute atomic E-state index is 13.2. The van der Waals surface area contributed by atoms with E-state index in [0.717, 1.165) is 25.1 Å². The van der Waals surface area contributed by atoms with Crippen molar-refractivity contribution in [3.8, 4) is 5.75 Å². The summed E-state index contributed by atoms with van der Waals surface area (Å²) in [5.41, 5.74) is 1.69. The number of nitrogens with zero attached hydrogens (tertiary/aromatic N) is 1. The second-order valence-corrected chi connectivity index (χ2v) is 7.30. The highest BCUT2D eigenvalue weighted by atomic mass is 35.5. The molecule has 0 aliphatic carbocycles. The molecule has 0 saturated carbocycles. The molecule has 0 aromatic heterocycles. The summed E-state index contributed by atoms with van der Waals surface area (Å²) >= 11 is 6.19. The first-order valence-electron chi connectivity index (χ1n) is 9.02. The van der Waals surface area contributed by atoms with Crippen molar-refractivity contribution in [2.45, 2.75) is 25.8 Å². The van der Waals surface area contributed by atoms with Gasteiger partial charge >= 0.3 is 0 Å². The first-order valence-corrected chi connectivity index (χ1v) is 9.39. The summed E-state index contributed by atoms with van der Waals surface area (Å²) in [6, 6.07) is 15.0. The van der Waals surface area contributed by atoms with Crippen LogP contribution in [0.1, 0.15) is 31.4 Å². The van der Waals surface area contributed by atoms with Crippen LogP contribution in [-0.4, -0.2) is 31.0 Å². The number of rotatable bonds is 5. The second-order valence-electron chi connectivity index (χ2n) is 6.89. The molecule has 1 saturated heterocycles. The number of amides is 1. The smallest absolute Gasteiger partial charge is 0.246 e. The van der Waals surface area contributed by atoms with E-state index in [4.69, 9.17) is 16.3 Å². The van der Waals surface area contributed by atoms with Gasteiger partial charge in [0.15, 0.2) is 0 Å². The van der Waals surface area contributed by atoms with Gasteiger partial charge in [-0.1, -0.05) is 48.9 Å². The Kier molecular flexibility index (Phi) is 6.17. The molecule has 1 amide bonds. The van der Waals surface area contributed by atoms with Crippen molar-refractivity contribution >= 4 is 23.2 Å². The fraction of sp³-hybridized carbons (Fsp3) is 0.381. The summed E-state index contributed by atoms with van der Waals surface area (Å²) in [4.78, 5) is 15.4. The molecule has 26 heavy (non-hydrogen) atoms. The molecule has 4 nitrogen and oxygen atoms in total. The molecule has 2 aromatic rings. The van der Waals surface area contributed by atoms with Crippen molar-refractivity contribution in [2.75, 3.05) is 25.5 Å². The van der Waals surface area contributed by atoms with E-state index in [-0.39, 0.29) is 11.9 Å². The lowest BCUT2D eigenvalue weighted by molar-refractivity contribution is -0.122. The highest BCUT2D eigenvalue weighted by Crippen LogP contribution is 2.30. The molecule has 0 spiro atoms. The molecular weight excluding hydrogens is 348 g/mol. The fourth-order valence-electron chi connectivity index (χ4n) is 3.58. The Bertz CT molecular complexity index is 751. The topological polar surface area (TPSA) is 41.6 Å². The maximum atomic E-state index is 13.2. The molecule has 3 rings (SSSR count). The standard InChI is InChI=1S/C21H25ClN2O2/c1-15-7-6-12-24(14-15)20(16-8-4-3-5-9-16)21(25)23-17-10-11-19(26-2)18(22)13-17/h3-5,8-11,13,15,20H,6-7,12,14H2,1-2H3,(H,23,25)/t15-,20-/m1/s1. The lowest BCUT2D eigenvalue weighted by Crippen LogP contribution is -2.42. The zero-order chi connectivity index (χ0) is 18.5. The molecule has 2 aromatic carbocycles. The number of hydrogen-bond donors (Lipinski definition) is 1. The molecule has 1 heterocycles. The van der Waals surface area contributed by atoms with E-state index in [1.165, 1.54) is 6.42 Å². The van der Waals surface area contributed by atoms with E-state index in [0.29, 0.717) is 22.4 Å². The van der Waals surface area contributed by atoms with Crippen LogP contribution in [0, 0.1) is 5.92 Å². The minimum Gasteiger partial charge on any atom is -0.495 e. The van der Waals surface area contributed by atoms with Crippen molar-refractivity contribution in [3.63, 3.8) is 0 Å². The summed E-state index contributed by atoms with van der Waals surface area (Å²) < 4.78 is 5.18. The van der Waals surface area contributed by atoms with E-state index in [9.17, 15) is 4.79 Å². The number of piperidine rings is 1. The number of carbonyl (C=O) groups is 1. The van der Waals surface area contributed by atoms with E-state index in [2.05, 4.69) is 17.1 Å². The number of carbonyl (C=O) groups excluding carboxylic acids is 1. The Morgan fingerprint density at radius 2 is 2.04 bits per heavy atom. The van der Waals surface area contributed by atoms with Crippen molar-refractivity contribution in [2.24, 2.45) is 5.92 Å². The number of ether oxygens (including phenoxy) is 1. The molecule has 0 unspecified atom stereocenters. The largest absolute Gasteiger partial charge is 0.495 e. The van der Waals surface area contributed by atoms with Crippen LogP contribution < -0.4 is 10.1 Å². The van der Waals surface area contributed by atoms with Gasteiger partial charge in [0.05, 0.1) is 12.1 Å². The van der Waals surface area contributed by atoms with Crippen LogP contribution in [0.3, 0.4) is 0 Å². The maximum Gasteiger partial charge on any atom is 0.246 e. The third-order valence-electron chi connectivity index (χ3n) is 4.84. The molecule has 138 valence electrons. The molecule has 2 atom stereocenters. The SMILES string of the molecule is COc1ccc(NC(=O)[C@@H](c2ccccc2)N2CCC[C@@H](C)C2)cc1Cl. The molecule has 1 aliphatic heterocycles. The summed E-state index contributed by atoms with van der Waals surface area (Å²) in [6.45, 7) is 4.10. The van der Waals surface area contributed by atoms with Crippen molar-refractivity contribution < 1.29 is 9.53 Å². The van der Waals surface area contributed by atoms with Crippen molar-refractivity contribution in [3.05, 3.63) is 59.1 Å². The third kappa shape index (κ3) is 4.37. The zero-order valence-electron chi connectivity index (χ0n) is 15.2. The van der Waals surface area contributed by atoms with E-state index in [1.807, 2.05) is 36.4 Å². The molecule has 0 radical (unpaired) electrons. The van der Waals surface area contributed by atoms with Gasteiger partial charge in [-0.05, 0) is 49.1 Å². The summed E-state index contributed by atoms with van der Waals surface area (Å²) in [5.74, 6) is 1.15. The average molecular weight is 373 g/mol. The quantitative estimate of drug-likeness (QED) is 0.822. The van der Waals surface area contributed by atoms with Gasteiger partial charge in [0.2, 0.25) is 5.91 Å². The lowest BCUT2D eigenvalue weighted by Gasteiger charge is -2.36. The van der Waals surface area contributed by atoms with Gasteiger partial charge in [-0.3, -0.25) is 9.69 Å². The van der Waals surface area contributed by atoms with Crippen LogP contribution in [0.15, 0.2) is 48.5 Å². The van der Waals surface area contributed by atoms with Crippen LogP contribution >= 0.6 is 11.6 Å². The minimum absolute atomic E-state index is 0.0356. The van der Waals surface area contributed by atoms with Crippen LogP contribution in [0.25, 0.3) is 0 Å². The highest BCUT2D eigenvalue weighted by molar-refractivity contribution is 6.32. The van der Waals surface area contributed by atoms with E-state index >= 15 is 0 Å². The van der Waals surface area contributed by atoms with Gasteiger partial charge in [0.1, 0.15) is 11.8 Å². The number of methoxy groups -OCH3 is 1. The molecule has 1 aliphatic rings. The number of likely N-dealkylation sites (tertiary alicyclic amines) is 1. The van der Waals surface area contributed by atoms with Crippen LogP contribution in [0.5, 0.6) is 5.75 Å². The third-order valence-corrected chi connectivity index (χ3v) is 5.13. The predicted octanol–water partition coefficient (Wildman–Crippen LogP) is 4.76. The number of halogens is 1. The Balaban J connectivity index is 1.84. The molecule has 0 bridgehead atoms. The molecule has 1 fully saturated rings. The van der Waals surface area contributed by atoms with Crippen LogP contribution in [-0.2, 0) is 4.79 Å². The summed E-state index contributed by atoms with van der Waals surface area (Å²) in [6.07, 6.45) is 2.33. The molecule has 5 heteroatoms. The van der Waals surface area contributed by atoms with Gasteiger partial charge in [-0.2, -0.15) is 0 Å². The normalized spacial score (nSPS) is 19.0. The first-order chi connectivity index (χ1) is 12.6. The van der Waals surface area contributed by atoms with E-state index < -0.39 is 0 Å². The van der Waals surface area contributed by atoms with Gasteiger partial charge in [-0.15, -0.1) is 0 Å².